The first-order valence-corrected chi connectivity index (χ1v) is 9.47. The van der Waals surface area contributed by atoms with Crippen molar-refractivity contribution < 1.29 is 27.9 Å². The second-order valence-electron chi connectivity index (χ2n) is 6.44. The van der Waals surface area contributed by atoms with Crippen LogP contribution in [0.3, 0.4) is 0 Å². The predicted octanol–water partition coefficient (Wildman–Crippen LogP) is 4.83. The molecule has 0 spiro atoms. The number of oxime groups is 1. The number of aliphatic hydroxyl groups is 1. The number of benzene rings is 2. The Morgan fingerprint density at radius 3 is 2.35 bits per heavy atom. The van der Waals surface area contributed by atoms with E-state index in [1.807, 2.05) is 0 Å². The predicted molar refractivity (Wildman–Crippen MR) is 112 cm³/mol. The van der Waals surface area contributed by atoms with Crippen LogP contribution in [-0.2, 0) is 10.4 Å². The van der Waals surface area contributed by atoms with Crippen molar-refractivity contribution in [2.24, 2.45) is 5.16 Å². The number of aliphatic hydroxyl groups excluding tert-OH is 1. The standard InChI is InChI=1S/C19H14Cl2F3N3O2.CH4O/c1-10-4-11(2-3-15(10)17(28)26-9-25)16-8-18(29-27-16,19(22,23)24)12-5-13(20)7-14(21)6-12;1-2/h2-7,9H,8H2,1H3,(H2,25,26,28);2H,1H3. The van der Waals surface area contributed by atoms with Crippen molar-refractivity contribution >= 4 is 41.2 Å². The maximum Gasteiger partial charge on any atom is 0.435 e. The Labute approximate surface area is 186 Å². The molecule has 0 fully saturated rings. The highest BCUT2D eigenvalue weighted by Crippen LogP contribution is 2.49. The molecule has 6 nitrogen and oxygen atoms in total. The SMILES string of the molecule is CO.Cc1cc(C2=NOC(c3cc(Cl)cc(Cl)c3)(C(F)(F)F)C2)ccc1C(=O)NC=N. The van der Waals surface area contributed by atoms with Crippen LogP contribution in [0.1, 0.15) is 33.5 Å². The second-order valence-corrected chi connectivity index (χ2v) is 7.31. The van der Waals surface area contributed by atoms with Crippen LogP contribution in [0.25, 0.3) is 0 Å². The topological polar surface area (TPSA) is 94.8 Å². The van der Waals surface area contributed by atoms with Gasteiger partial charge in [0, 0.05) is 34.7 Å². The Morgan fingerprint density at radius 1 is 1.23 bits per heavy atom. The molecular formula is C20H18Cl2F3N3O3. The fraction of sp³-hybridized carbons (Fsp3) is 0.250. The van der Waals surface area contributed by atoms with E-state index in [1.165, 1.54) is 18.2 Å². The number of aryl methyl sites for hydroxylation is 1. The highest BCUT2D eigenvalue weighted by atomic mass is 35.5. The molecule has 2 aromatic carbocycles. The Hall–Kier alpha value is -2.62. The van der Waals surface area contributed by atoms with E-state index in [4.69, 9.17) is 38.6 Å². The van der Waals surface area contributed by atoms with Gasteiger partial charge in [-0.2, -0.15) is 13.2 Å². The van der Waals surface area contributed by atoms with Crippen LogP contribution in [-0.4, -0.2) is 36.4 Å². The van der Waals surface area contributed by atoms with Crippen molar-refractivity contribution in [2.75, 3.05) is 7.11 Å². The number of nitrogens with one attached hydrogen (secondary N) is 2. The lowest BCUT2D eigenvalue weighted by Crippen LogP contribution is -2.42. The summed E-state index contributed by atoms with van der Waals surface area (Å²) < 4.78 is 42.1. The summed E-state index contributed by atoms with van der Waals surface area (Å²) in [5.41, 5.74) is -1.71. The minimum Gasteiger partial charge on any atom is -0.400 e. The van der Waals surface area contributed by atoms with Gasteiger partial charge in [-0.05, 0) is 48.4 Å². The van der Waals surface area contributed by atoms with E-state index in [1.54, 1.807) is 13.0 Å². The third-order valence-corrected chi connectivity index (χ3v) is 4.96. The molecule has 0 radical (unpaired) electrons. The van der Waals surface area contributed by atoms with Gasteiger partial charge in [-0.1, -0.05) is 34.4 Å². The van der Waals surface area contributed by atoms with Crippen LogP contribution in [0, 0.1) is 12.3 Å². The van der Waals surface area contributed by atoms with Gasteiger partial charge in [0.25, 0.3) is 11.5 Å². The highest BCUT2D eigenvalue weighted by molar-refractivity contribution is 6.34. The van der Waals surface area contributed by atoms with Gasteiger partial charge in [-0.3, -0.25) is 10.2 Å². The summed E-state index contributed by atoms with van der Waals surface area (Å²) in [4.78, 5) is 16.9. The van der Waals surface area contributed by atoms with Gasteiger partial charge in [-0.25, -0.2) is 0 Å². The van der Waals surface area contributed by atoms with Gasteiger partial charge in [0.15, 0.2) is 0 Å². The summed E-state index contributed by atoms with van der Waals surface area (Å²) >= 11 is 11.8. The van der Waals surface area contributed by atoms with Gasteiger partial charge < -0.3 is 15.3 Å². The molecule has 2 aromatic rings. The van der Waals surface area contributed by atoms with E-state index >= 15 is 0 Å². The smallest absolute Gasteiger partial charge is 0.400 e. The molecule has 3 rings (SSSR count). The maximum atomic E-state index is 14.0. The number of amides is 1. The van der Waals surface area contributed by atoms with E-state index in [-0.39, 0.29) is 21.3 Å². The van der Waals surface area contributed by atoms with Crippen molar-refractivity contribution in [1.29, 1.82) is 5.41 Å². The zero-order chi connectivity index (χ0) is 23.4. The molecule has 0 saturated carbocycles. The minimum absolute atomic E-state index is 0.0468. The van der Waals surface area contributed by atoms with Gasteiger partial charge in [0.2, 0.25) is 0 Å². The number of hydrogen-bond acceptors (Lipinski definition) is 5. The molecule has 0 aromatic heterocycles. The summed E-state index contributed by atoms with van der Waals surface area (Å²) in [7, 11) is 1.00. The molecule has 1 unspecified atom stereocenters. The molecule has 1 aliphatic rings. The van der Waals surface area contributed by atoms with Crippen LogP contribution in [0.2, 0.25) is 10.0 Å². The van der Waals surface area contributed by atoms with E-state index in [2.05, 4.69) is 10.5 Å². The molecule has 11 heteroatoms. The zero-order valence-corrected chi connectivity index (χ0v) is 17.9. The summed E-state index contributed by atoms with van der Waals surface area (Å²) in [6.07, 6.45) is -4.62. The number of alkyl halides is 3. The lowest BCUT2D eigenvalue weighted by molar-refractivity contribution is -0.275. The lowest BCUT2D eigenvalue weighted by Gasteiger charge is -2.29. The number of carbonyl (C=O) groups excluding carboxylic acids is 1. The Bertz CT molecular complexity index is 1010. The number of hydrogen-bond donors (Lipinski definition) is 3. The molecular weight excluding hydrogens is 458 g/mol. The first-order chi connectivity index (χ1) is 14.6. The maximum absolute atomic E-state index is 14.0. The molecule has 0 bridgehead atoms. The van der Waals surface area contributed by atoms with Crippen molar-refractivity contribution in [3.8, 4) is 0 Å². The average molecular weight is 476 g/mol. The molecule has 1 aliphatic heterocycles. The highest BCUT2D eigenvalue weighted by Gasteiger charge is 2.62. The summed E-state index contributed by atoms with van der Waals surface area (Å²) in [5, 5.41) is 19.9. The van der Waals surface area contributed by atoms with Crippen LogP contribution >= 0.6 is 23.2 Å². The number of rotatable bonds is 4. The Balaban J connectivity index is 0.00000166. The minimum atomic E-state index is -4.79. The number of nitrogens with zero attached hydrogens (tertiary/aromatic N) is 1. The Morgan fingerprint density at radius 2 is 1.84 bits per heavy atom. The van der Waals surface area contributed by atoms with Crippen LogP contribution in [0.4, 0.5) is 13.2 Å². The Kier molecular flexibility index (Phi) is 7.69. The van der Waals surface area contributed by atoms with Gasteiger partial charge >= 0.3 is 6.18 Å². The molecule has 1 atom stereocenters. The first kappa shape index (κ1) is 24.6. The van der Waals surface area contributed by atoms with Gasteiger partial charge in [0.05, 0.1) is 12.1 Å². The molecule has 31 heavy (non-hydrogen) atoms. The molecule has 166 valence electrons. The lowest BCUT2D eigenvalue weighted by atomic mass is 9.86. The van der Waals surface area contributed by atoms with E-state index in [9.17, 15) is 18.0 Å². The molecule has 0 aliphatic carbocycles. The fourth-order valence-corrected chi connectivity index (χ4v) is 3.61. The first-order valence-electron chi connectivity index (χ1n) is 8.71. The van der Waals surface area contributed by atoms with Crippen LogP contribution < -0.4 is 5.32 Å². The van der Waals surface area contributed by atoms with Gasteiger partial charge in [0.1, 0.15) is 0 Å². The van der Waals surface area contributed by atoms with E-state index in [0.717, 1.165) is 25.6 Å². The third-order valence-electron chi connectivity index (χ3n) is 4.52. The van der Waals surface area contributed by atoms with E-state index in [0.29, 0.717) is 16.7 Å². The third kappa shape index (κ3) is 5.00. The summed E-state index contributed by atoms with van der Waals surface area (Å²) in [5.74, 6) is -0.494. The van der Waals surface area contributed by atoms with Crippen molar-refractivity contribution in [2.45, 2.75) is 25.1 Å². The van der Waals surface area contributed by atoms with Crippen molar-refractivity contribution in [3.63, 3.8) is 0 Å². The monoisotopic (exact) mass is 475 g/mol. The summed E-state index contributed by atoms with van der Waals surface area (Å²) in [6.45, 7) is 1.63. The van der Waals surface area contributed by atoms with Crippen LogP contribution in [0.15, 0.2) is 41.6 Å². The number of halogens is 5. The normalized spacial score (nSPS) is 17.7. The van der Waals surface area contributed by atoms with Crippen LogP contribution in [0.5, 0.6) is 0 Å². The summed E-state index contributed by atoms with van der Waals surface area (Å²) in [6, 6.07) is 8.10. The second kappa shape index (κ2) is 9.67. The van der Waals surface area contributed by atoms with E-state index < -0.39 is 24.1 Å². The van der Waals surface area contributed by atoms with Crippen molar-refractivity contribution in [3.05, 3.63) is 68.7 Å². The van der Waals surface area contributed by atoms with Gasteiger partial charge in [-0.15, -0.1) is 0 Å². The molecule has 1 amide bonds. The number of carbonyl (C=O) groups is 1. The average Bonchev–Trinajstić information content (AvgIpc) is 3.16. The quantitative estimate of drug-likeness (QED) is 0.436. The molecule has 3 N–H and O–H groups in total. The largest absolute Gasteiger partial charge is 0.435 e. The molecule has 0 saturated heterocycles. The molecule has 1 heterocycles. The van der Waals surface area contributed by atoms with Crippen molar-refractivity contribution in [1.82, 2.24) is 5.32 Å². The fourth-order valence-electron chi connectivity index (χ4n) is 3.09. The zero-order valence-electron chi connectivity index (χ0n) is 16.3.